The molecule has 4 heteroatoms. The van der Waals surface area contributed by atoms with Crippen LogP contribution >= 0.6 is 0 Å². The molecule has 0 atom stereocenters. The van der Waals surface area contributed by atoms with Crippen molar-refractivity contribution in [3.63, 3.8) is 0 Å². The molecule has 19 heavy (non-hydrogen) atoms. The third-order valence-corrected chi connectivity index (χ3v) is 3.60. The van der Waals surface area contributed by atoms with E-state index in [9.17, 15) is 4.79 Å². The van der Waals surface area contributed by atoms with Gasteiger partial charge in [-0.2, -0.15) is 0 Å². The molecule has 0 bridgehead atoms. The lowest BCUT2D eigenvalue weighted by Gasteiger charge is -2.30. The molecule has 1 heterocycles. The van der Waals surface area contributed by atoms with Crippen LogP contribution in [0.3, 0.4) is 0 Å². The predicted octanol–water partition coefficient (Wildman–Crippen LogP) is 2.95. The van der Waals surface area contributed by atoms with E-state index in [2.05, 4.69) is 16.8 Å². The molecule has 0 radical (unpaired) electrons. The predicted molar refractivity (Wildman–Crippen MR) is 76.2 cm³/mol. The van der Waals surface area contributed by atoms with E-state index < -0.39 is 5.97 Å². The Kier molecular flexibility index (Phi) is 4.55. The fraction of sp³-hybridized carbons (Fsp3) is 0.467. The molecule has 1 N–H and O–H groups in total. The van der Waals surface area contributed by atoms with Crippen LogP contribution < -0.4 is 4.90 Å². The van der Waals surface area contributed by atoms with Crippen LogP contribution in [0.25, 0.3) is 6.08 Å². The SMILES string of the molecule is CCN(c1ncccc1/C=C/C(=O)O)C1CCCC1. The van der Waals surface area contributed by atoms with Gasteiger partial charge in [0.05, 0.1) is 0 Å². The minimum Gasteiger partial charge on any atom is -0.478 e. The molecule has 2 rings (SSSR count). The number of nitrogens with zero attached hydrogens (tertiary/aromatic N) is 2. The van der Waals surface area contributed by atoms with E-state index in [1.165, 1.54) is 31.8 Å². The van der Waals surface area contributed by atoms with Crippen molar-refractivity contribution in [3.8, 4) is 0 Å². The summed E-state index contributed by atoms with van der Waals surface area (Å²) in [7, 11) is 0. The third kappa shape index (κ3) is 3.34. The summed E-state index contributed by atoms with van der Waals surface area (Å²) in [5, 5.41) is 8.75. The maximum absolute atomic E-state index is 10.7. The van der Waals surface area contributed by atoms with E-state index in [1.54, 1.807) is 12.3 Å². The molecule has 0 spiro atoms. The van der Waals surface area contributed by atoms with Gasteiger partial charge in [-0.15, -0.1) is 0 Å². The molecule has 0 amide bonds. The first-order valence-corrected chi connectivity index (χ1v) is 6.85. The Hall–Kier alpha value is -1.84. The van der Waals surface area contributed by atoms with Gasteiger partial charge in [-0.3, -0.25) is 0 Å². The maximum Gasteiger partial charge on any atom is 0.328 e. The van der Waals surface area contributed by atoms with Crippen LogP contribution in [-0.2, 0) is 4.79 Å². The van der Waals surface area contributed by atoms with Crippen LogP contribution in [0.15, 0.2) is 24.4 Å². The number of carbonyl (C=O) groups is 1. The number of rotatable bonds is 5. The highest BCUT2D eigenvalue weighted by Crippen LogP contribution is 2.29. The Labute approximate surface area is 113 Å². The number of pyridine rings is 1. The van der Waals surface area contributed by atoms with Crippen molar-refractivity contribution in [3.05, 3.63) is 30.0 Å². The average Bonchev–Trinajstić information content (AvgIpc) is 2.92. The molecular weight excluding hydrogens is 240 g/mol. The molecular formula is C15H20N2O2. The van der Waals surface area contributed by atoms with Gasteiger partial charge in [0.2, 0.25) is 0 Å². The second-order valence-electron chi connectivity index (χ2n) is 4.81. The van der Waals surface area contributed by atoms with Gasteiger partial charge in [0.15, 0.2) is 0 Å². The number of aliphatic carboxylic acids is 1. The molecule has 0 aliphatic heterocycles. The van der Waals surface area contributed by atoms with Crippen molar-refractivity contribution in [1.29, 1.82) is 0 Å². The normalized spacial score (nSPS) is 16.1. The fourth-order valence-electron chi connectivity index (χ4n) is 2.74. The summed E-state index contributed by atoms with van der Waals surface area (Å²) in [4.78, 5) is 17.4. The molecule has 1 aliphatic carbocycles. The van der Waals surface area contributed by atoms with Crippen LogP contribution in [0.5, 0.6) is 0 Å². The number of carboxylic acids is 1. The smallest absolute Gasteiger partial charge is 0.328 e. The van der Waals surface area contributed by atoms with Crippen LogP contribution in [0, 0.1) is 0 Å². The van der Waals surface area contributed by atoms with E-state index in [0.717, 1.165) is 17.9 Å². The van der Waals surface area contributed by atoms with Gasteiger partial charge in [0.25, 0.3) is 0 Å². The van der Waals surface area contributed by atoms with Crippen molar-refractivity contribution in [2.24, 2.45) is 0 Å². The molecule has 0 unspecified atom stereocenters. The van der Waals surface area contributed by atoms with Crippen LogP contribution in [-0.4, -0.2) is 28.6 Å². The van der Waals surface area contributed by atoms with Gasteiger partial charge >= 0.3 is 5.97 Å². The van der Waals surface area contributed by atoms with E-state index in [-0.39, 0.29) is 0 Å². The van der Waals surface area contributed by atoms with Crippen LogP contribution in [0.2, 0.25) is 0 Å². The molecule has 0 aromatic carbocycles. The first-order valence-electron chi connectivity index (χ1n) is 6.85. The van der Waals surface area contributed by atoms with Crippen molar-refractivity contribution in [2.45, 2.75) is 38.6 Å². The highest BCUT2D eigenvalue weighted by molar-refractivity contribution is 5.86. The Morgan fingerprint density at radius 3 is 2.89 bits per heavy atom. The molecule has 1 fully saturated rings. The van der Waals surface area contributed by atoms with Crippen molar-refractivity contribution in [2.75, 3.05) is 11.4 Å². The van der Waals surface area contributed by atoms with Gasteiger partial charge in [0, 0.05) is 30.4 Å². The second kappa shape index (κ2) is 6.36. The number of hydrogen-bond donors (Lipinski definition) is 1. The second-order valence-corrected chi connectivity index (χ2v) is 4.81. The number of anilines is 1. The molecule has 1 aliphatic rings. The quantitative estimate of drug-likeness (QED) is 0.827. The number of carboxylic acid groups (broad SMARTS) is 1. The van der Waals surface area contributed by atoms with Gasteiger partial charge in [-0.25, -0.2) is 9.78 Å². The minimum atomic E-state index is -0.932. The summed E-state index contributed by atoms with van der Waals surface area (Å²) in [6.07, 6.45) is 9.51. The topological polar surface area (TPSA) is 53.4 Å². The number of aromatic nitrogens is 1. The molecule has 0 saturated heterocycles. The van der Waals surface area contributed by atoms with Gasteiger partial charge in [0.1, 0.15) is 5.82 Å². The van der Waals surface area contributed by atoms with E-state index in [1.807, 2.05) is 12.1 Å². The zero-order valence-electron chi connectivity index (χ0n) is 11.2. The Morgan fingerprint density at radius 2 is 2.26 bits per heavy atom. The zero-order valence-corrected chi connectivity index (χ0v) is 11.2. The highest BCUT2D eigenvalue weighted by Gasteiger charge is 2.23. The van der Waals surface area contributed by atoms with E-state index >= 15 is 0 Å². The Bertz CT molecular complexity index is 465. The van der Waals surface area contributed by atoms with Gasteiger partial charge < -0.3 is 10.0 Å². The van der Waals surface area contributed by atoms with Crippen molar-refractivity contribution < 1.29 is 9.90 Å². The van der Waals surface area contributed by atoms with Crippen LogP contribution in [0.4, 0.5) is 5.82 Å². The molecule has 1 aromatic rings. The van der Waals surface area contributed by atoms with E-state index in [0.29, 0.717) is 6.04 Å². The standard InChI is InChI=1S/C15H20N2O2/c1-2-17(13-7-3-4-8-13)15-12(6-5-11-16-15)9-10-14(18)19/h5-6,9-11,13H,2-4,7-8H2,1H3,(H,18,19)/b10-9+. The molecule has 1 saturated carbocycles. The summed E-state index contributed by atoms with van der Waals surface area (Å²) in [6, 6.07) is 4.30. The minimum absolute atomic E-state index is 0.539. The lowest BCUT2D eigenvalue weighted by atomic mass is 10.1. The zero-order chi connectivity index (χ0) is 13.7. The fourth-order valence-corrected chi connectivity index (χ4v) is 2.74. The molecule has 102 valence electrons. The Balaban J connectivity index is 2.28. The summed E-state index contributed by atoms with van der Waals surface area (Å²) in [6.45, 7) is 3.02. The lowest BCUT2D eigenvalue weighted by Crippen LogP contribution is -2.34. The van der Waals surface area contributed by atoms with E-state index in [4.69, 9.17) is 5.11 Å². The van der Waals surface area contributed by atoms with Crippen molar-refractivity contribution >= 4 is 17.9 Å². The van der Waals surface area contributed by atoms with Crippen molar-refractivity contribution in [1.82, 2.24) is 4.98 Å². The largest absolute Gasteiger partial charge is 0.478 e. The molecule has 4 nitrogen and oxygen atoms in total. The molecule has 1 aromatic heterocycles. The van der Waals surface area contributed by atoms with Gasteiger partial charge in [-0.05, 0) is 38.0 Å². The first-order chi connectivity index (χ1) is 9.22. The first kappa shape index (κ1) is 13.6. The third-order valence-electron chi connectivity index (χ3n) is 3.60. The summed E-state index contributed by atoms with van der Waals surface area (Å²) in [5.74, 6) is -0.0342. The summed E-state index contributed by atoms with van der Waals surface area (Å²) >= 11 is 0. The maximum atomic E-state index is 10.7. The highest BCUT2D eigenvalue weighted by atomic mass is 16.4. The average molecular weight is 260 g/mol. The number of hydrogen-bond acceptors (Lipinski definition) is 3. The monoisotopic (exact) mass is 260 g/mol. The Morgan fingerprint density at radius 1 is 1.53 bits per heavy atom. The lowest BCUT2D eigenvalue weighted by molar-refractivity contribution is -0.131. The van der Waals surface area contributed by atoms with Crippen LogP contribution in [0.1, 0.15) is 38.2 Å². The van der Waals surface area contributed by atoms with Gasteiger partial charge in [-0.1, -0.05) is 12.8 Å². The summed E-state index contributed by atoms with van der Waals surface area (Å²) in [5.41, 5.74) is 0.874. The summed E-state index contributed by atoms with van der Waals surface area (Å²) < 4.78 is 0.